The number of aromatic nitrogens is 2. The van der Waals surface area contributed by atoms with E-state index in [-0.39, 0.29) is 11.9 Å². The number of rotatable bonds is 5. The normalized spacial score (nSPS) is 12.2. The molecule has 2 rings (SSSR count). The number of hydrogen-bond acceptors (Lipinski definition) is 3. The zero-order valence-corrected chi connectivity index (χ0v) is 11.8. The largest absolute Gasteiger partial charge is 0.324 e. The van der Waals surface area contributed by atoms with Gasteiger partial charge in [-0.25, -0.2) is 0 Å². The van der Waals surface area contributed by atoms with Gasteiger partial charge in [-0.2, -0.15) is 5.10 Å². The smallest absolute Gasteiger partial charge is 0.224 e. The third kappa shape index (κ3) is 3.68. The van der Waals surface area contributed by atoms with Crippen molar-refractivity contribution in [3.63, 3.8) is 0 Å². The Morgan fingerprint density at radius 3 is 2.70 bits per heavy atom. The van der Waals surface area contributed by atoms with Gasteiger partial charge in [0.1, 0.15) is 0 Å². The Balaban J connectivity index is 1.85. The molecule has 0 saturated heterocycles. The van der Waals surface area contributed by atoms with Crippen LogP contribution in [0.1, 0.15) is 30.1 Å². The van der Waals surface area contributed by atoms with Crippen LogP contribution in [0.2, 0.25) is 0 Å². The molecule has 0 radical (unpaired) electrons. The maximum atomic E-state index is 11.9. The summed E-state index contributed by atoms with van der Waals surface area (Å²) in [6.07, 6.45) is 2.81. The van der Waals surface area contributed by atoms with Gasteiger partial charge < -0.3 is 11.1 Å². The highest BCUT2D eigenvalue weighted by Gasteiger charge is 2.11. The third-order valence-electron chi connectivity index (χ3n) is 3.20. The van der Waals surface area contributed by atoms with E-state index in [9.17, 15) is 4.79 Å². The number of benzene rings is 1. The molecule has 2 aromatic rings. The van der Waals surface area contributed by atoms with Crippen molar-refractivity contribution >= 4 is 11.6 Å². The third-order valence-corrected chi connectivity index (χ3v) is 3.20. The van der Waals surface area contributed by atoms with E-state index in [0.29, 0.717) is 12.8 Å². The first-order chi connectivity index (χ1) is 9.56. The van der Waals surface area contributed by atoms with Crippen molar-refractivity contribution in [3.05, 3.63) is 47.8 Å². The molecule has 1 atom stereocenters. The predicted octanol–water partition coefficient (Wildman–Crippen LogP) is 2.15. The maximum absolute atomic E-state index is 11.9. The predicted molar refractivity (Wildman–Crippen MR) is 79.2 cm³/mol. The number of nitrogens with zero attached hydrogens (tertiary/aromatic N) is 2. The van der Waals surface area contributed by atoms with Crippen LogP contribution in [0.4, 0.5) is 5.69 Å². The van der Waals surface area contributed by atoms with Crippen molar-refractivity contribution in [3.8, 4) is 0 Å². The molecule has 1 amide bonds. The fourth-order valence-corrected chi connectivity index (χ4v) is 2.09. The molecule has 5 heteroatoms. The molecule has 106 valence electrons. The number of nitrogens with one attached hydrogen (secondary N) is 1. The monoisotopic (exact) mass is 272 g/mol. The molecule has 0 saturated carbocycles. The molecule has 0 spiro atoms. The summed E-state index contributed by atoms with van der Waals surface area (Å²) < 4.78 is 1.68. The van der Waals surface area contributed by atoms with E-state index in [2.05, 4.69) is 10.4 Å². The molecule has 1 heterocycles. The van der Waals surface area contributed by atoms with E-state index in [4.69, 9.17) is 5.73 Å². The zero-order chi connectivity index (χ0) is 14.5. The van der Waals surface area contributed by atoms with Gasteiger partial charge in [0.2, 0.25) is 5.91 Å². The van der Waals surface area contributed by atoms with Crippen molar-refractivity contribution < 1.29 is 4.79 Å². The summed E-state index contributed by atoms with van der Waals surface area (Å²) in [7, 11) is 1.83. The van der Waals surface area contributed by atoms with Gasteiger partial charge in [0.15, 0.2) is 0 Å². The molecule has 0 aliphatic heterocycles. The average molecular weight is 272 g/mol. The lowest BCUT2D eigenvalue weighted by atomic mass is 10.0. The molecule has 20 heavy (non-hydrogen) atoms. The van der Waals surface area contributed by atoms with Gasteiger partial charge in [-0.05, 0) is 18.9 Å². The van der Waals surface area contributed by atoms with E-state index in [1.165, 1.54) is 0 Å². The SMILES string of the molecule is Cc1nn(C)cc1NC(=O)CCC(N)c1ccccc1. The van der Waals surface area contributed by atoms with Gasteiger partial charge in [-0.1, -0.05) is 30.3 Å². The van der Waals surface area contributed by atoms with Gasteiger partial charge in [-0.15, -0.1) is 0 Å². The molecule has 0 aliphatic rings. The molecule has 0 bridgehead atoms. The van der Waals surface area contributed by atoms with Gasteiger partial charge in [0, 0.05) is 25.7 Å². The number of aryl methyl sites for hydroxylation is 2. The van der Waals surface area contributed by atoms with Crippen LogP contribution >= 0.6 is 0 Å². The van der Waals surface area contributed by atoms with Crippen LogP contribution in [0.5, 0.6) is 0 Å². The summed E-state index contributed by atoms with van der Waals surface area (Å²) in [5, 5.41) is 7.04. The minimum Gasteiger partial charge on any atom is -0.324 e. The van der Waals surface area contributed by atoms with Crippen LogP contribution in [0.15, 0.2) is 36.5 Å². The van der Waals surface area contributed by atoms with Crippen LogP contribution < -0.4 is 11.1 Å². The minimum absolute atomic E-state index is 0.0347. The molecule has 0 aliphatic carbocycles. The minimum atomic E-state index is -0.114. The lowest BCUT2D eigenvalue weighted by Gasteiger charge is -2.11. The van der Waals surface area contributed by atoms with Crippen LogP contribution in [0.25, 0.3) is 0 Å². The first-order valence-electron chi connectivity index (χ1n) is 6.67. The Labute approximate surface area is 118 Å². The van der Waals surface area contributed by atoms with Crippen LogP contribution in [-0.2, 0) is 11.8 Å². The highest BCUT2D eigenvalue weighted by Crippen LogP contribution is 2.17. The molecule has 1 aromatic heterocycles. The van der Waals surface area contributed by atoms with Crippen molar-refractivity contribution in [1.82, 2.24) is 9.78 Å². The van der Waals surface area contributed by atoms with Crippen LogP contribution in [-0.4, -0.2) is 15.7 Å². The molecule has 0 fully saturated rings. The van der Waals surface area contributed by atoms with Gasteiger partial charge in [-0.3, -0.25) is 9.48 Å². The fraction of sp³-hybridized carbons (Fsp3) is 0.333. The number of carbonyl (C=O) groups is 1. The number of nitrogens with two attached hydrogens (primary N) is 1. The molecular formula is C15H20N4O. The summed E-state index contributed by atoms with van der Waals surface area (Å²) >= 11 is 0. The van der Waals surface area contributed by atoms with E-state index in [0.717, 1.165) is 16.9 Å². The lowest BCUT2D eigenvalue weighted by Crippen LogP contribution is -2.16. The fourth-order valence-electron chi connectivity index (χ4n) is 2.09. The Morgan fingerprint density at radius 1 is 1.40 bits per heavy atom. The summed E-state index contributed by atoms with van der Waals surface area (Å²) in [6.45, 7) is 1.87. The Morgan fingerprint density at radius 2 is 2.10 bits per heavy atom. The second-order valence-electron chi connectivity index (χ2n) is 4.91. The first-order valence-corrected chi connectivity index (χ1v) is 6.67. The highest BCUT2D eigenvalue weighted by molar-refractivity contribution is 5.91. The van der Waals surface area contributed by atoms with E-state index in [1.807, 2.05) is 44.3 Å². The second-order valence-corrected chi connectivity index (χ2v) is 4.91. The number of amides is 1. The van der Waals surface area contributed by atoms with Gasteiger partial charge in [0.05, 0.1) is 11.4 Å². The molecule has 5 nitrogen and oxygen atoms in total. The quantitative estimate of drug-likeness (QED) is 0.876. The number of hydrogen-bond donors (Lipinski definition) is 2. The number of anilines is 1. The molecule has 3 N–H and O–H groups in total. The lowest BCUT2D eigenvalue weighted by molar-refractivity contribution is -0.116. The average Bonchev–Trinajstić information content (AvgIpc) is 2.75. The van der Waals surface area contributed by atoms with E-state index < -0.39 is 0 Å². The molecule has 1 aromatic carbocycles. The van der Waals surface area contributed by atoms with Crippen LogP contribution in [0.3, 0.4) is 0 Å². The Hall–Kier alpha value is -2.14. The molecular weight excluding hydrogens is 252 g/mol. The van der Waals surface area contributed by atoms with Crippen molar-refractivity contribution in [2.45, 2.75) is 25.8 Å². The Bertz CT molecular complexity index is 577. The van der Waals surface area contributed by atoms with Crippen molar-refractivity contribution in [2.75, 3.05) is 5.32 Å². The highest BCUT2D eigenvalue weighted by atomic mass is 16.1. The summed E-state index contributed by atoms with van der Waals surface area (Å²) in [5.41, 5.74) is 8.70. The van der Waals surface area contributed by atoms with Gasteiger partial charge >= 0.3 is 0 Å². The molecule has 1 unspecified atom stereocenters. The van der Waals surface area contributed by atoms with Gasteiger partial charge in [0.25, 0.3) is 0 Å². The van der Waals surface area contributed by atoms with E-state index >= 15 is 0 Å². The van der Waals surface area contributed by atoms with Crippen molar-refractivity contribution in [1.29, 1.82) is 0 Å². The summed E-state index contributed by atoms with van der Waals surface area (Å²) in [5.74, 6) is -0.0347. The second kappa shape index (κ2) is 6.34. The van der Waals surface area contributed by atoms with Crippen LogP contribution in [0, 0.1) is 6.92 Å². The zero-order valence-electron chi connectivity index (χ0n) is 11.8. The maximum Gasteiger partial charge on any atom is 0.224 e. The van der Waals surface area contributed by atoms with E-state index in [1.54, 1.807) is 10.9 Å². The van der Waals surface area contributed by atoms with Crippen molar-refractivity contribution in [2.24, 2.45) is 12.8 Å². The Kier molecular flexibility index (Phi) is 4.53. The first kappa shape index (κ1) is 14.3. The summed E-state index contributed by atoms with van der Waals surface area (Å²) in [6, 6.07) is 9.70. The number of carbonyl (C=O) groups excluding carboxylic acids is 1. The topological polar surface area (TPSA) is 72.9 Å². The summed E-state index contributed by atoms with van der Waals surface area (Å²) in [4.78, 5) is 11.9. The standard InChI is InChI=1S/C15H20N4O/c1-11-14(10-19(2)18-11)17-15(20)9-8-13(16)12-6-4-3-5-7-12/h3-7,10,13H,8-9,16H2,1-2H3,(H,17,20).